The molecule has 0 radical (unpaired) electrons. The molecule has 0 N–H and O–H groups in total. The van der Waals surface area contributed by atoms with Gasteiger partial charge in [0.1, 0.15) is 5.78 Å². The smallest absolute Gasteiger partial charge is 0.179 e. The summed E-state index contributed by atoms with van der Waals surface area (Å²) < 4.78 is 10.7. The van der Waals surface area contributed by atoms with E-state index in [0.717, 1.165) is 11.1 Å². The third kappa shape index (κ3) is 2.96. The van der Waals surface area contributed by atoms with Gasteiger partial charge in [0.15, 0.2) is 11.5 Å². The predicted molar refractivity (Wildman–Crippen MR) is 73.0 cm³/mol. The highest BCUT2D eigenvalue weighted by molar-refractivity contribution is 6.32. The van der Waals surface area contributed by atoms with E-state index in [1.165, 1.54) is 0 Å². The second-order valence-electron chi connectivity index (χ2n) is 4.53. The van der Waals surface area contributed by atoms with Gasteiger partial charge in [-0.3, -0.25) is 4.79 Å². The number of rotatable bonds is 5. The molecule has 1 aromatic rings. The molecule has 0 aliphatic carbocycles. The van der Waals surface area contributed by atoms with Crippen LogP contribution in [0.3, 0.4) is 0 Å². The van der Waals surface area contributed by atoms with Crippen LogP contribution >= 0.6 is 11.6 Å². The summed E-state index contributed by atoms with van der Waals surface area (Å²) in [4.78, 5) is 11.3. The molecule has 3 nitrogen and oxygen atoms in total. The largest absolute Gasteiger partial charge is 0.492 e. The molecule has 0 bridgehead atoms. The lowest BCUT2D eigenvalue weighted by Crippen LogP contribution is -2.06. The van der Waals surface area contributed by atoms with Gasteiger partial charge in [-0.15, -0.1) is 0 Å². The van der Waals surface area contributed by atoms with Gasteiger partial charge in [-0.1, -0.05) is 25.4 Å². The second-order valence-corrected chi connectivity index (χ2v) is 4.94. The Kier molecular flexibility index (Phi) is 5.03. The normalized spacial score (nSPS) is 10.6. The number of hydrogen-bond acceptors (Lipinski definition) is 3. The molecular formula is C14H19ClO3. The quantitative estimate of drug-likeness (QED) is 0.820. The van der Waals surface area contributed by atoms with Gasteiger partial charge in [0, 0.05) is 12.0 Å². The van der Waals surface area contributed by atoms with Crippen LogP contribution in [-0.4, -0.2) is 20.0 Å². The molecule has 0 aromatic heterocycles. The molecule has 18 heavy (non-hydrogen) atoms. The maximum atomic E-state index is 11.3. The summed E-state index contributed by atoms with van der Waals surface area (Å²) >= 11 is 6.16. The van der Waals surface area contributed by atoms with Gasteiger partial charge < -0.3 is 9.47 Å². The number of carbonyl (C=O) groups excluding carboxylic acids is 1. The molecule has 0 heterocycles. The van der Waals surface area contributed by atoms with Gasteiger partial charge in [-0.2, -0.15) is 0 Å². The number of benzene rings is 1. The van der Waals surface area contributed by atoms with Gasteiger partial charge in [0.25, 0.3) is 0 Å². The summed E-state index contributed by atoms with van der Waals surface area (Å²) in [5.41, 5.74) is 1.88. The van der Waals surface area contributed by atoms with Crippen LogP contribution in [0, 0.1) is 0 Å². The van der Waals surface area contributed by atoms with Crippen molar-refractivity contribution in [1.29, 1.82) is 0 Å². The highest BCUT2D eigenvalue weighted by Crippen LogP contribution is 2.43. The van der Waals surface area contributed by atoms with Crippen LogP contribution in [-0.2, 0) is 11.2 Å². The summed E-state index contributed by atoms with van der Waals surface area (Å²) in [6.45, 7) is 5.67. The van der Waals surface area contributed by atoms with Crippen LogP contribution in [0.5, 0.6) is 11.5 Å². The van der Waals surface area contributed by atoms with Crippen LogP contribution < -0.4 is 9.47 Å². The van der Waals surface area contributed by atoms with E-state index in [-0.39, 0.29) is 11.7 Å². The number of methoxy groups -OCH3 is 2. The number of carbonyl (C=O) groups is 1. The second kappa shape index (κ2) is 6.10. The fraction of sp³-hybridized carbons (Fsp3) is 0.500. The molecule has 0 amide bonds. The number of Topliss-reactive ketones (excluding diaryl/α,β-unsaturated/α-hetero) is 1. The average Bonchev–Trinajstić information content (AvgIpc) is 2.26. The molecule has 1 rings (SSSR count). The van der Waals surface area contributed by atoms with E-state index in [0.29, 0.717) is 22.9 Å². The predicted octanol–water partition coefficient (Wildman–Crippen LogP) is 3.61. The van der Waals surface area contributed by atoms with Crippen molar-refractivity contribution in [3.05, 3.63) is 22.2 Å². The van der Waals surface area contributed by atoms with E-state index >= 15 is 0 Å². The minimum atomic E-state index is 0.0974. The highest BCUT2D eigenvalue weighted by Gasteiger charge is 2.21. The summed E-state index contributed by atoms with van der Waals surface area (Å²) in [7, 11) is 3.14. The number of hydrogen-bond donors (Lipinski definition) is 0. The first kappa shape index (κ1) is 14.8. The Morgan fingerprint density at radius 2 is 1.83 bits per heavy atom. The third-order valence-electron chi connectivity index (χ3n) is 2.74. The summed E-state index contributed by atoms with van der Waals surface area (Å²) in [6.07, 6.45) is 0.355. The van der Waals surface area contributed by atoms with Crippen molar-refractivity contribution in [3.63, 3.8) is 0 Å². The average molecular weight is 271 g/mol. The molecule has 0 aliphatic rings. The van der Waals surface area contributed by atoms with Gasteiger partial charge >= 0.3 is 0 Å². The zero-order chi connectivity index (χ0) is 13.9. The Bertz CT molecular complexity index is 453. The van der Waals surface area contributed by atoms with Crippen LogP contribution in [0.1, 0.15) is 37.8 Å². The molecule has 0 saturated heterocycles. The van der Waals surface area contributed by atoms with E-state index in [9.17, 15) is 4.79 Å². The lowest BCUT2D eigenvalue weighted by molar-refractivity contribution is -0.116. The molecule has 0 atom stereocenters. The van der Waals surface area contributed by atoms with Gasteiger partial charge in [0.2, 0.25) is 0 Å². The topological polar surface area (TPSA) is 35.5 Å². The fourth-order valence-electron chi connectivity index (χ4n) is 2.11. The Morgan fingerprint density at radius 1 is 1.28 bits per heavy atom. The third-order valence-corrected chi connectivity index (χ3v) is 3.02. The standard InChI is InChI=1S/C14H19ClO3/c1-8(2)12-10(6-9(3)16)7-11(15)13(17-4)14(12)18-5/h7-8H,6H2,1-5H3. The number of ether oxygens (including phenoxy) is 2. The van der Waals surface area contributed by atoms with E-state index < -0.39 is 0 Å². The zero-order valence-electron chi connectivity index (χ0n) is 11.5. The lowest BCUT2D eigenvalue weighted by Gasteiger charge is -2.20. The fourth-order valence-corrected chi connectivity index (χ4v) is 2.41. The van der Waals surface area contributed by atoms with Crippen molar-refractivity contribution in [3.8, 4) is 11.5 Å². The Labute approximate surface area is 113 Å². The Hall–Kier alpha value is -1.22. The molecule has 4 heteroatoms. The monoisotopic (exact) mass is 270 g/mol. The molecule has 1 aromatic carbocycles. The van der Waals surface area contributed by atoms with E-state index in [1.807, 2.05) is 0 Å². The summed E-state index contributed by atoms with van der Waals surface area (Å²) in [6, 6.07) is 1.79. The Morgan fingerprint density at radius 3 is 2.22 bits per heavy atom. The van der Waals surface area contributed by atoms with Gasteiger partial charge in [-0.05, 0) is 24.5 Å². The van der Waals surface area contributed by atoms with Crippen molar-refractivity contribution >= 4 is 17.4 Å². The maximum Gasteiger partial charge on any atom is 0.179 e. The first-order chi connectivity index (χ1) is 8.42. The van der Waals surface area contributed by atoms with Crippen LogP contribution in [0.4, 0.5) is 0 Å². The van der Waals surface area contributed by atoms with E-state index in [2.05, 4.69) is 13.8 Å². The first-order valence-electron chi connectivity index (χ1n) is 5.85. The number of halogens is 1. The molecule has 0 fully saturated rings. The lowest BCUT2D eigenvalue weighted by atomic mass is 9.93. The zero-order valence-corrected chi connectivity index (χ0v) is 12.2. The molecule has 0 aliphatic heterocycles. The van der Waals surface area contributed by atoms with E-state index in [4.69, 9.17) is 21.1 Å². The summed E-state index contributed by atoms with van der Waals surface area (Å²) in [5, 5.41) is 0.468. The van der Waals surface area contributed by atoms with Crippen molar-refractivity contribution < 1.29 is 14.3 Å². The first-order valence-corrected chi connectivity index (χ1v) is 6.22. The van der Waals surface area contributed by atoms with Crippen molar-refractivity contribution in [2.45, 2.75) is 33.1 Å². The highest BCUT2D eigenvalue weighted by atomic mass is 35.5. The molecular weight excluding hydrogens is 252 g/mol. The van der Waals surface area contributed by atoms with Gasteiger partial charge in [-0.25, -0.2) is 0 Å². The van der Waals surface area contributed by atoms with Crippen LogP contribution in [0.2, 0.25) is 5.02 Å². The van der Waals surface area contributed by atoms with Crippen LogP contribution in [0.15, 0.2) is 6.07 Å². The maximum absolute atomic E-state index is 11.3. The molecule has 0 saturated carbocycles. The van der Waals surface area contributed by atoms with Crippen molar-refractivity contribution in [2.24, 2.45) is 0 Å². The SMILES string of the molecule is COc1c(Cl)cc(CC(C)=O)c(C(C)C)c1OC. The number of ketones is 1. The van der Waals surface area contributed by atoms with Crippen molar-refractivity contribution in [1.82, 2.24) is 0 Å². The molecule has 0 unspecified atom stereocenters. The minimum Gasteiger partial charge on any atom is -0.492 e. The van der Waals surface area contributed by atoms with E-state index in [1.54, 1.807) is 27.2 Å². The van der Waals surface area contributed by atoms with Crippen LogP contribution in [0.25, 0.3) is 0 Å². The Balaban J connectivity index is 3.51. The minimum absolute atomic E-state index is 0.0974. The molecule has 100 valence electrons. The molecule has 0 spiro atoms. The van der Waals surface area contributed by atoms with Crippen molar-refractivity contribution in [2.75, 3.05) is 14.2 Å². The summed E-state index contributed by atoms with van der Waals surface area (Å²) in [5.74, 6) is 1.46. The van der Waals surface area contributed by atoms with Gasteiger partial charge in [0.05, 0.1) is 19.2 Å².